The van der Waals surface area contributed by atoms with Gasteiger partial charge in [0.25, 0.3) is 5.56 Å². The number of anilines is 2. The summed E-state index contributed by atoms with van der Waals surface area (Å²) in [5.41, 5.74) is 4.29. The number of aromatic amines is 1. The van der Waals surface area contributed by atoms with Crippen LogP contribution in [0.4, 0.5) is 11.5 Å². The Labute approximate surface area is 110 Å². The molecule has 1 aromatic rings. The Bertz CT molecular complexity index is 673. The molecule has 0 fully saturated rings. The van der Waals surface area contributed by atoms with Gasteiger partial charge in [-0.3, -0.25) is 14.3 Å². The van der Waals surface area contributed by atoms with E-state index in [2.05, 4.69) is 10.3 Å². The minimum Gasteiger partial charge on any atom is -0.383 e. The molecule has 0 saturated heterocycles. The molecular weight excluding hydrogens is 274 g/mol. The highest BCUT2D eigenvalue weighted by Crippen LogP contribution is 2.08. The lowest BCUT2D eigenvalue weighted by atomic mass is 10.4. The third-order valence-corrected chi connectivity index (χ3v) is 4.42. The average molecular weight is 291 g/mol. The lowest BCUT2D eigenvalue weighted by Gasteiger charge is -2.13. The predicted molar refractivity (Wildman–Crippen MR) is 72.7 cm³/mol. The first-order valence-corrected chi connectivity index (χ1v) is 7.00. The van der Waals surface area contributed by atoms with E-state index in [4.69, 9.17) is 5.73 Å². The summed E-state index contributed by atoms with van der Waals surface area (Å²) >= 11 is 0. The summed E-state index contributed by atoms with van der Waals surface area (Å²) in [4.78, 5) is 24.8. The van der Waals surface area contributed by atoms with Crippen molar-refractivity contribution < 1.29 is 8.42 Å². The zero-order valence-electron chi connectivity index (χ0n) is 10.9. The van der Waals surface area contributed by atoms with Gasteiger partial charge in [0.1, 0.15) is 11.5 Å². The van der Waals surface area contributed by atoms with Crippen LogP contribution in [-0.4, -0.2) is 48.7 Å². The van der Waals surface area contributed by atoms with Gasteiger partial charge in [0, 0.05) is 27.7 Å². The average Bonchev–Trinajstić information content (AvgIpc) is 2.30. The van der Waals surface area contributed by atoms with E-state index < -0.39 is 21.3 Å². The van der Waals surface area contributed by atoms with E-state index in [0.29, 0.717) is 0 Å². The maximum atomic E-state index is 11.5. The number of nitrogens with one attached hydrogen (secondary N) is 2. The maximum absolute atomic E-state index is 11.5. The van der Waals surface area contributed by atoms with Gasteiger partial charge in [-0.15, -0.1) is 0 Å². The van der Waals surface area contributed by atoms with Crippen molar-refractivity contribution in [1.29, 1.82) is 0 Å². The number of nitrogens with two attached hydrogens (primary N) is 1. The summed E-state index contributed by atoms with van der Waals surface area (Å²) in [5, 5.41) is 2.63. The molecule has 0 saturated carbocycles. The van der Waals surface area contributed by atoms with E-state index in [0.717, 1.165) is 8.87 Å². The molecule has 9 nitrogen and oxygen atoms in total. The van der Waals surface area contributed by atoms with Crippen molar-refractivity contribution in [2.75, 3.05) is 37.4 Å². The Morgan fingerprint density at radius 2 is 1.95 bits per heavy atom. The Balaban J connectivity index is 2.89. The molecule has 1 aromatic heterocycles. The van der Waals surface area contributed by atoms with Crippen LogP contribution in [0.5, 0.6) is 0 Å². The number of hydrogen-bond acceptors (Lipinski definition) is 6. The highest BCUT2D eigenvalue weighted by molar-refractivity contribution is 7.89. The number of aromatic nitrogens is 2. The molecule has 0 unspecified atom stereocenters. The molecular formula is C9H17N5O4S. The van der Waals surface area contributed by atoms with Crippen molar-refractivity contribution in [2.45, 2.75) is 0 Å². The Morgan fingerprint density at radius 1 is 1.37 bits per heavy atom. The largest absolute Gasteiger partial charge is 0.383 e. The molecule has 1 rings (SSSR count). The first-order chi connectivity index (χ1) is 8.66. The number of H-pyrrole nitrogens is 1. The van der Waals surface area contributed by atoms with E-state index >= 15 is 0 Å². The SMILES string of the molecule is CN(C)S(=O)(=O)CCNc1c(N)n(C)c(=O)[nH]c1=O. The minimum absolute atomic E-state index is 0.00595. The number of nitrogens with zero attached hydrogens (tertiary/aromatic N) is 2. The van der Waals surface area contributed by atoms with Crippen molar-refractivity contribution in [3.05, 3.63) is 20.8 Å². The van der Waals surface area contributed by atoms with Crippen LogP contribution in [0.2, 0.25) is 0 Å². The lowest BCUT2D eigenvalue weighted by Crippen LogP contribution is -2.34. The molecule has 0 bridgehead atoms. The molecule has 0 amide bonds. The molecule has 108 valence electrons. The summed E-state index contributed by atoms with van der Waals surface area (Å²) in [6.45, 7) is 0.00595. The zero-order valence-corrected chi connectivity index (χ0v) is 11.7. The molecule has 0 radical (unpaired) electrons. The fourth-order valence-corrected chi connectivity index (χ4v) is 2.02. The number of hydrogen-bond donors (Lipinski definition) is 3. The quantitative estimate of drug-likeness (QED) is 0.573. The number of sulfonamides is 1. The van der Waals surface area contributed by atoms with E-state index in [1.54, 1.807) is 0 Å². The molecule has 0 aliphatic heterocycles. The normalized spacial score (nSPS) is 11.8. The second-order valence-electron chi connectivity index (χ2n) is 4.10. The molecule has 1 heterocycles. The molecule has 0 aliphatic carbocycles. The minimum atomic E-state index is -3.36. The lowest BCUT2D eigenvalue weighted by molar-refractivity contribution is 0.521. The molecule has 19 heavy (non-hydrogen) atoms. The van der Waals surface area contributed by atoms with Crippen molar-refractivity contribution >= 4 is 21.5 Å². The molecule has 10 heteroatoms. The number of nitrogen functional groups attached to an aromatic ring is 1. The summed E-state index contributed by atoms with van der Waals surface area (Å²) in [5.74, 6) is -0.238. The third-order valence-electron chi connectivity index (χ3n) is 2.59. The van der Waals surface area contributed by atoms with Crippen LogP contribution in [0.15, 0.2) is 9.59 Å². The van der Waals surface area contributed by atoms with Crippen molar-refractivity contribution in [3.8, 4) is 0 Å². The van der Waals surface area contributed by atoms with Crippen LogP contribution in [0, 0.1) is 0 Å². The summed E-state index contributed by atoms with van der Waals surface area (Å²) in [6, 6.07) is 0. The first kappa shape index (κ1) is 15.2. The van der Waals surface area contributed by atoms with Crippen LogP contribution < -0.4 is 22.3 Å². The van der Waals surface area contributed by atoms with Crippen LogP contribution in [0.1, 0.15) is 0 Å². The van der Waals surface area contributed by atoms with Crippen LogP contribution in [-0.2, 0) is 17.1 Å². The summed E-state index contributed by atoms with van der Waals surface area (Å²) in [7, 11) is 0.874. The fraction of sp³-hybridized carbons (Fsp3) is 0.556. The van der Waals surface area contributed by atoms with E-state index in [1.807, 2.05) is 0 Å². The van der Waals surface area contributed by atoms with Gasteiger partial charge in [0.05, 0.1) is 5.75 Å². The standard InChI is InChI=1S/C9H17N5O4S/c1-13(2)19(17,18)5-4-11-6-7(10)14(3)9(16)12-8(6)15/h11H,4-5,10H2,1-3H3,(H,12,15,16). The summed E-state index contributed by atoms with van der Waals surface area (Å²) in [6.07, 6.45) is 0. The third kappa shape index (κ3) is 3.35. The van der Waals surface area contributed by atoms with Gasteiger partial charge in [0.2, 0.25) is 10.0 Å². The van der Waals surface area contributed by atoms with Crippen molar-refractivity contribution in [1.82, 2.24) is 13.9 Å². The highest BCUT2D eigenvalue weighted by Gasteiger charge is 2.14. The van der Waals surface area contributed by atoms with Gasteiger partial charge in [-0.2, -0.15) is 0 Å². The van der Waals surface area contributed by atoms with Gasteiger partial charge in [-0.05, 0) is 0 Å². The monoisotopic (exact) mass is 291 g/mol. The summed E-state index contributed by atoms with van der Waals surface area (Å²) < 4.78 is 25.2. The van der Waals surface area contributed by atoms with Gasteiger partial charge in [0.15, 0.2) is 0 Å². The topological polar surface area (TPSA) is 130 Å². The van der Waals surface area contributed by atoms with Gasteiger partial charge in [-0.1, -0.05) is 0 Å². The second-order valence-corrected chi connectivity index (χ2v) is 6.41. The Hall–Kier alpha value is -1.81. The van der Waals surface area contributed by atoms with E-state index in [1.165, 1.54) is 21.1 Å². The van der Waals surface area contributed by atoms with Crippen LogP contribution in [0.25, 0.3) is 0 Å². The Morgan fingerprint density at radius 3 is 2.47 bits per heavy atom. The van der Waals surface area contributed by atoms with Crippen molar-refractivity contribution in [2.24, 2.45) is 7.05 Å². The number of rotatable bonds is 5. The molecule has 0 spiro atoms. The zero-order chi connectivity index (χ0) is 14.8. The molecule has 0 aromatic carbocycles. The predicted octanol–water partition coefficient (Wildman–Crippen LogP) is -2.04. The van der Waals surface area contributed by atoms with Gasteiger partial charge in [-0.25, -0.2) is 17.5 Å². The molecule has 0 atom stereocenters. The van der Waals surface area contributed by atoms with Gasteiger partial charge < -0.3 is 11.1 Å². The maximum Gasteiger partial charge on any atom is 0.329 e. The first-order valence-electron chi connectivity index (χ1n) is 5.39. The highest BCUT2D eigenvalue weighted by atomic mass is 32.2. The van der Waals surface area contributed by atoms with E-state index in [-0.39, 0.29) is 23.8 Å². The van der Waals surface area contributed by atoms with Crippen LogP contribution in [0.3, 0.4) is 0 Å². The second kappa shape index (κ2) is 5.45. The smallest absolute Gasteiger partial charge is 0.329 e. The molecule has 0 aliphatic rings. The molecule has 4 N–H and O–H groups in total. The van der Waals surface area contributed by atoms with Crippen molar-refractivity contribution in [3.63, 3.8) is 0 Å². The Kier molecular flexibility index (Phi) is 4.37. The van der Waals surface area contributed by atoms with Crippen LogP contribution >= 0.6 is 0 Å². The van der Waals surface area contributed by atoms with Gasteiger partial charge >= 0.3 is 5.69 Å². The fourth-order valence-electron chi connectivity index (χ4n) is 1.30. The van der Waals surface area contributed by atoms with E-state index in [9.17, 15) is 18.0 Å².